The van der Waals surface area contributed by atoms with Crippen molar-refractivity contribution < 1.29 is 0 Å². The number of fused-ring (bicyclic) bond motifs is 1. The molecule has 3 aromatic heterocycles. The third-order valence-electron chi connectivity index (χ3n) is 5.06. The number of thiophene rings is 1. The number of hydrogen-bond donors (Lipinski definition) is 0. The molecule has 0 N–H and O–H groups in total. The second-order valence-electron chi connectivity index (χ2n) is 8.22. The highest BCUT2D eigenvalue weighted by Crippen LogP contribution is 2.23. The van der Waals surface area contributed by atoms with Crippen LogP contribution in [-0.4, -0.2) is 50.9 Å². The number of hydrogen-bond acceptors (Lipinski definition) is 6. The van der Waals surface area contributed by atoms with Gasteiger partial charge in [0.25, 0.3) is 0 Å². The summed E-state index contributed by atoms with van der Waals surface area (Å²) in [5.74, 6) is 1.92. The summed E-state index contributed by atoms with van der Waals surface area (Å²) in [5, 5.41) is 13.5. The summed E-state index contributed by atoms with van der Waals surface area (Å²) in [6.07, 6.45) is 1.13. The maximum absolute atomic E-state index is 4.85. The molecule has 27 heavy (non-hydrogen) atoms. The summed E-state index contributed by atoms with van der Waals surface area (Å²) in [4.78, 5) is 7.86. The lowest BCUT2D eigenvalue weighted by Crippen LogP contribution is -2.46. The van der Waals surface area contributed by atoms with Gasteiger partial charge in [0.15, 0.2) is 11.5 Å². The Morgan fingerprint density at radius 2 is 1.70 bits per heavy atom. The SMILES string of the molecule is CCc1ccc(CN2CCN(c3ccc4nnc(C(C)(C)C)n4n3)CC2)s1. The zero-order chi connectivity index (χ0) is 19.0. The largest absolute Gasteiger partial charge is 0.353 e. The first-order valence-corrected chi connectivity index (χ1v) is 10.5. The average molecular weight is 385 g/mol. The molecule has 0 unspecified atom stereocenters. The Balaban J connectivity index is 1.44. The first-order chi connectivity index (χ1) is 12.9. The minimum absolute atomic E-state index is 0.0816. The van der Waals surface area contributed by atoms with E-state index in [0.717, 1.165) is 56.4 Å². The van der Waals surface area contributed by atoms with E-state index in [1.807, 2.05) is 21.9 Å². The van der Waals surface area contributed by atoms with Gasteiger partial charge in [0.05, 0.1) is 0 Å². The third-order valence-corrected chi connectivity index (χ3v) is 6.28. The highest BCUT2D eigenvalue weighted by atomic mass is 32.1. The van der Waals surface area contributed by atoms with Crippen molar-refractivity contribution in [1.82, 2.24) is 24.7 Å². The normalized spacial score (nSPS) is 16.4. The topological polar surface area (TPSA) is 49.6 Å². The van der Waals surface area contributed by atoms with Crippen molar-refractivity contribution in [3.63, 3.8) is 0 Å². The zero-order valence-electron chi connectivity index (χ0n) is 16.6. The number of rotatable bonds is 4. The van der Waals surface area contributed by atoms with Gasteiger partial charge in [0.1, 0.15) is 5.82 Å². The summed E-state index contributed by atoms with van der Waals surface area (Å²) < 4.78 is 1.90. The lowest BCUT2D eigenvalue weighted by atomic mass is 9.96. The number of aryl methyl sites for hydroxylation is 1. The van der Waals surface area contributed by atoms with Gasteiger partial charge >= 0.3 is 0 Å². The van der Waals surface area contributed by atoms with E-state index >= 15 is 0 Å². The Kier molecular flexibility index (Phi) is 4.90. The van der Waals surface area contributed by atoms with Crippen molar-refractivity contribution in [2.24, 2.45) is 0 Å². The van der Waals surface area contributed by atoms with E-state index < -0.39 is 0 Å². The molecule has 0 atom stereocenters. The van der Waals surface area contributed by atoms with Gasteiger partial charge in [-0.1, -0.05) is 27.7 Å². The van der Waals surface area contributed by atoms with Crippen LogP contribution in [0.25, 0.3) is 5.65 Å². The van der Waals surface area contributed by atoms with Gasteiger partial charge < -0.3 is 4.90 Å². The molecule has 4 heterocycles. The number of nitrogens with zero attached hydrogens (tertiary/aromatic N) is 6. The molecule has 1 fully saturated rings. The molecule has 0 spiro atoms. The van der Waals surface area contributed by atoms with E-state index in [2.05, 4.69) is 65.9 Å². The van der Waals surface area contributed by atoms with E-state index in [0.29, 0.717) is 0 Å². The Hall–Kier alpha value is -1.99. The van der Waals surface area contributed by atoms with Crippen molar-refractivity contribution in [2.45, 2.75) is 46.1 Å². The zero-order valence-corrected chi connectivity index (χ0v) is 17.5. The Labute approximate surface area is 164 Å². The first kappa shape index (κ1) is 18.4. The van der Waals surface area contributed by atoms with E-state index in [1.165, 1.54) is 9.75 Å². The second kappa shape index (κ2) is 7.20. The van der Waals surface area contributed by atoms with Crippen LogP contribution in [0.15, 0.2) is 24.3 Å². The molecule has 0 aromatic carbocycles. The molecule has 1 aliphatic heterocycles. The molecule has 0 amide bonds. The number of piperazine rings is 1. The Morgan fingerprint density at radius 3 is 2.37 bits per heavy atom. The minimum atomic E-state index is -0.0816. The molecule has 1 aliphatic rings. The number of aromatic nitrogens is 4. The van der Waals surface area contributed by atoms with Crippen LogP contribution in [-0.2, 0) is 18.4 Å². The number of anilines is 1. The average Bonchev–Trinajstić information content (AvgIpc) is 3.28. The van der Waals surface area contributed by atoms with Crippen LogP contribution in [0, 0.1) is 0 Å². The summed E-state index contributed by atoms with van der Waals surface area (Å²) in [6.45, 7) is 13.8. The van der Waals surface area contributed by atoms with Gasteiger partial charge in [-0.2, -0.15) is 4.52 Å². The predicted molar refractivity (Wildman–Crippen MR) is 111 cm³/mol. The first-order valence-electron chi connectivity index (χ1n) is 9.72. The van der Waals surface area contributed by atoms with Crippen LogP contribution < -0.4 is 4.90 Å². The standard InChI is InChI=1S/C20H28N6S/c1-5-15-6-7-16(27-15)14-24-10-12-25(13-11-24)18-9-8-17-21-22-19(20(2,3)4)26(17)23-18/h6-9H,5,10-14H2,1-4H3. The van der Waals surface area contributed by atoms with Crippen LogP contribution in [0.5, 0.6) is 0 Å². The van der Waals surface area contributed by atoms with Crippen LogP contribution in [0.2, 0.25) is 0 Å². The lowest BCUT2D eigenvalue weighted by molar-refractivity contribution is 0.251. The molecule has 0 radical (unpaired) electrons. The molecule has 4 rings (SSSR count). The molecule has 7 heteroatoms. The molecule has 1 saturated heterocycles. The van der Waals surface area contributed by atoms with Crippen LogP contribution in [0.4, 0.5) is 5.82 Å². The van der Waals surface area contributed by atoms with Crippen molar-refractivity contribution in [3.05, 3.63) is 39.8 Å². The van der Waals surface area contributed by atoms with Gasteiger partial charge in [0.2, 0.25) is 0 Å². The van der Waals surface area contributed by atoms with E-state index in [-0.39, 0.29) is 5.41 Å². The lowest BCUT2D eigenvalue weighted by Gasteiger charge is -2.35. The Morgan fingerprint density at radius 1 is 0.963 bits per heavy atom. The maximum Gasteiger partial charge on any atom is 0.178 e. The van der Waals surface area contributed by atoms with E-state index in [4.69, 9.17) is 5.10 Å². The highest BCUT2D eigenvalue weighted by molar-refractivity contribution is 7.11. The van der Waals surface area contributed by atoms with Crippen LogP contribution in [0.1, 0.15) is 43.3 Å². The summed E-state index contributed by atoms with van der Waals surface area (Å²) >= 11 is 1.95. The van der Waals surface area contributed by atoms with Crippen molar-refractivity contribution in [1.29, 1.82) is 0 Å². The van der Waals surface area contributed by atoms with Crippen LogP contribution >= 0.6 is 11.3 Å². The molecule has 144 valence electrons. The molecule has 3 aromatic rings. The molecular formula is C20H28N6S. The predicted octanol–water partition coefficient (Wildman–Crippen LogP) is 3.37. The van der Waals surface area contributed by atoms with Crippen molar-refractivity contribution >= 4 is 22.8 Å². The van der Waals surface area contributed by atoms with Gasteiger partial charge in [0, 0.05) is 47.9 Å². The fraction of sp³-hybridized carbons (Fsp3) is 0.550. The molecule has 6 nitrogen and oxygen atoms in total. The fourth-order valence-electron chi connectivity index (χ4n) is 3.47. The summed E-state index contributed by atoms with van der Waals surface area (Å²) in [6, 6.07) is 8.64. The maximum atomic E-state index is 4.85. The smallest absolute Gasteiger partial charge is 0.178 e. The van der Waals surface area contributed by atoms with Crippen molar-refractivity contribution in [2.75, 3.05) is 31.1 Å². The summed E-state index contributed by atoms with van der Waals surface area (Å²) in [7, 11) is 0. The van der Waals surface area contributed by atoms with E-state index in [9.17, 15) is 0 Å². The third kappa shape index (κ3) is 3.84. The highest BCUT2D eigenvalue weighted by Gasteiger charge is 2.23. The quantitative estimate of drug-likeness (QED) is 0.690. The second-order valence-corrected chi connectivity index (χ2v) is 9.47. The minimum Gasteiger partial charge on any atom is -0.353 e. The van der Waals surface area contributed by atoms with Gasteiger partial charge in [-0.3, -0.25) is 4.90 Å². The molecule has 0 saturated carbocycles. The van der Waals surface area contributed by atoms with Gasteiger partial charge in [-0.25, -0.2) is 0 Å². The molecular weight excluding hydrogens is 356 g/mol. The van der Waals surface area contributed by atoms with Crippen molar-refractivity contribution in [3.8, 4) is 0 Å². The molecule has 0 bridgehead atoms. The van der Waals surface area contributed by atoms with Crippen LogP contribution in [0.3, 0.4) is 0 Å². The Bertz CT molecular complexity index is 914. The van der Waals surface area contributed by atoms with Gasteiger partial charge in [-0.15, -0.1) is 26.6 Å². The van der Waals surface area contributed by atoms with Gasteiger partial charge in [-0.05, 0) is 30.7 Å². The molecule has 0 aliphatic carbocycles. The van der Waals surface area contributed by atoms with E-state index in [1.54, 1.807) is 0 Å². The summed E-state index contributed by atoms with van der Waals surface area (Å²) in [5.41, 5.74) is 0.730. The monoisotopic (exact) mass is 384 g/mol. The fourth-order valence-corrected chi connectivity index (χ4v) is 4.47.